The molecule has 0 saturated heterocycles. The normalized spacial score (nSPS) is 23.0. The molecule has 9 heteroatoms. The Morgan fingerprint density at radius 2 is 1.30 bits per heavy atom. The van der Waals surface area contributed by atoms with E-state index in [9.17, 15) is 9.59 Å². The molecule has 2 aromatic carbocycles. The number of aromatic nitrogens is 1. The molecule has 0 aliphatic carbocycles. The molecule has 0 spiro atoms. The predicted octanol–water partition coefficient (Wildman–Crippen LogP) is 9.48. The quantitative estimate of drug-likeness (QED) is 0.175. The number of carbonyl (C=O) groups excluding carboxylic acids is 2. The van der Waals surface area contributed by atoms with Crippen molar-refractivity contribution in [1.82, 2.24) is 4.98 Å². The molecule has 5 heterocycles. The van der Waals surface area contributed by atoms with Gasteiger partial charge in [-0.25, -0.2) is 4.99 Å². The Bertz CT molecular complexity index is 2400. The van der Waals surface area contributed by atoms with E-state index in [1.165, 1.54) is 36.5 Å². The van der Waals surface area contributed by atoms with Gasteiger partial charge in [0.05, 0.1) is 49.9 Å². The van der Waals surface area contributed by atoms with Gasteiger partial charge in [-0.05, 0) is 101 Å². The van der Waals surface area contributed by atoms with Gasteiger partial charge in [-0.2, -0.15) is 0 Å². The van der Waals surface area contributed by atoms with Crippen LogP contribution < -0.4 is 4.98 Å². The third kappa shape index (κ3) is 7.15. The van der Waals surface area contributed by atoms with Crippen LogP contribution in [0.3, 0.4) is 0 Å². The molecule has 291 valence electrons. The monoisotopic (exact) mass is 795 g/mol. The fourth-order valence-electron chi connectivity index (χ4n) is 8.18. The number of aliphatic imine (C=N–C) groups is 2. The molecular weight excluding hydrogens is 748 g/mol. The van der Waals surface area contributed by atoms with E-state index in [1.54, 1.807) is 0 Å². The van der Waals surface area contributed by atoms with Crippen molar-refractivity contribution in [3.8, 4) is 0 Å². The third-order valence-electron chi connectivity index (χ3n) is 11.9. The number of ether oxygens (including phenoxy) is 2. The number of fused-ring (bicyclic) bond motifs is 6. The van der Waals surface area contributed by atoms with Gasteiger partial charge in [0.1, 0.15) is 0 Å². The van der Waals surface area contributed by atoms with Crippen molar-refractivity contribution in [3.63, 3.8) is 0 Å². The first kappa shape index (κ1) is 40.4. The van der Waals surface area contributed by atoms with Crippen molar-refractivity contribution in [2.24, 2.45) is 9.98 Å². The number of allylic oxidation sites excluding steroid dienone is 6. The first-order valence-electron chi connectivity index (χ1n) is 18.8. The number of benzene rings is 2. The van der Waals surface area contributed by atoms with Gasteiger partial charge in [0.15, 0.2) is 0 Å². The van der Waals surface area contributed by atoms with Crippen LogP contribution in [-0.4, -0.2) is 43.1 Å². The van der Waals surface area contributed by atoms with Crippen molar-refractivity contribution in [1.29, 1.82) is 0 Å². The van der Waals surface area contributed by atoms with Gasteiger partial charge >= 0.3 is 29.0 Å². The number of carbonyl (C=O) groups is 2. The van der Waals surface area contributed by atoms with Crippen molar-refractivity contribution in [2.75, 3.05) is 14.2 Å². The van der Waals surface area contributed by atoms with Crippen LogP contribution in [0.5, 0.6) is 0 Å². The predicted molar refractivity (Wildman–Crippen MR) is 220 cm³/mol. The Labute approximate surface area is 340 Å². The van der Waals surface area contributed by atoms with E-state index in [0.717, 1.165) is 61.7 Å². The molecule has 0 amide bonds. The van der Waals surface area contributed by atoms with Crippen LogP contribution in [0.2, 0.25) is 0 Å². The Balaban J connectivity index is 0.00000532. The van der Waals surface area contributed by atoms with Gasteiger partial charge in [0.25, 0.3) is 0 Å². The average molecular weight is 796 g/mol. The first-order chi connectivity index (χ1) is 26.2. The second-order valence-electron chi connectivity index (χ2n) is 15.2. The minimum atomic E-state index is -0.729. The molecule has 0 fully saturated rings. The van der Waals surface area contributed by atoms with Crippen LogP contribution in [-0.2, 0) is 49.0 Å². The average Bonchev–Trinajstić information content (AvgIpc) is 3.80. The summed E-state index contributed by atoms with van der Waals surface area (Å²) in [6.07, 6.45) is 6.68. The van der Waals surface area contributed by atoms with Crippen molar-refractivity contribution < 1.29 is 36.1 Å². The fraction of sp³-hybridized carbons (Fsp3) is 0.319. The number of methoxy groups -OCH3 is 2. The van der Waals surface area contributed by atoms with Crippen LogP contribution in [0.15, 0.2) is 115 Å². The zero-order valence-corrected chi connectivity index (χ0v) is 34.7. The molecule has 1 radical (unpaired) electrons. The molecular formula is C47H48CuN4O4. The molecule has 0 N–H and O–H groups in total. The van der Waals surface area contributed by atoms with Crippen LogP contribution in [0.1, 0.15) is 91.7 Å². The number of esters is 2. The summed E-state index contributed by atoms with van der Waals surface area (Å²) in [6, 6.07) is 17.5. The maximum Gasteiger partial charge on any atom is 2.00 e. The van der Waals surface area contributed by atoms with Gasteiger partial charge in [-0.15, -0.1) is 17.1 Å². The zero-order valence-electron chi connectivity index (χ0n) is 33.8. The number of aryl methyl sites for hydroxylation is 2. The van der Waals surface area contributed by atoms with Crippen molar-refractivity contribution in [3.05, 3.63) is 155 Å². The second-order valence-corrected chi connectivity index (χ2v) is 15.2. The minimum absolute atomic E-state index is 0. The van der Waals surface area contributed by atoms with Gasteiger partial charge in [-0.3, -0.25) is 14.6 Å². The van der Waals surface area contributed by atoms with Gasteiger partial charge in [-0.1, -0.05) is 100 Å². The van der Waals surface area contributed by atoms with Crippen LogP contribution >= 0.6 is 0 Å². The topological polar surface area (TPSA) is 106 Å². The maximum absolute atomic E-state index is 12.8. The standard InChI is InChI=1S/C47H48N4O4.Cu/c1-25-11-15-33(16-12-25)24-47-32(8)29(5)40(51-47)22-39-31(7)36(20-44(53)55-10)42(49-39)23-41-35(19-43(52)54-9)30(6)38(48-41)21-37-27(3)28(4)46(50-37)45(47)34-17-13-26(2)14-18-34;/h11-18,21-23,45H,19-20,24H2,1-10H3;/q-2;+2/t45-,47-;/m1./s1. The molecule has 4 aliphatic rings. The Morgan fingerprint density at radius 3 is 1.95 bits per heavy atom. The molecule has 0 saturated carbocycles. The summed E-state index contributed by atoms with van der Waals surface area (Å²) in [5, 5.41) is 5.81. The van der Waals surface area contributed by atoms with E-state index in [4.69, 9.17) is 29.8 Å². The van der Waals surface area contributed by atoms with Gasteiger partial charge < -0.3 is 19.8 Å². The van der Waals surface area contributed by atoms with Crippen LogP contribution in [0.25, 0.3) is 17.5 Å². The molecule has 8 bridgehead atoms. The van der Waals surface area contributed by atoms with Crippen molar-refractivity contribution >= 4 is 35.5 Å². The molecule has 8 nitrogen and oxygen atoms in total. The van der Waals surface area contributed by atoms with E-state index < -0.39 is 5.54 Å². The molecule has 2 atom stereocenters. The van der Waals surface area contributed by atoms with Gasteiger partial charge in [0, 0.05) is 5.92 Å². The van der Waals surface area contributed by atoms with Crippen LogP contribution in [0.4, 0.5) is 0 Å². The van der Waals surface area contributed by atoms with E-state index in [-0.39, 0.29) is 47.8 Å². The minimum Gasteiger partial charge on any atom is -0.674 e. The SMILES string of the molecule is COC(=O)CC1=C(C)C2=NC/1=C\c1[n-]c(c(C)c1CC(=O)OC)/C=C1\N=C(C(C)=C1C)[C@@H](c1ccc(C)cc1)[C@]1(Cc3ccc(C)cc3)[N-]/C(=C\2)C(C)=C1C.[Cu+2]. The number of hydrogen-bond donors (Lipinski definition) is 0. The summed E-state index contributed by atoms with van der Waals surface area (Å²) >= 11 is 0. The molecule has 0 unspecified atom stereocenters. The largest absolute Gasteiger partial charge is 2.00 e. The first-order valence-corrected chi connectivity index (χ1v) is 18.8. The fourth-order valence-corrected chi connectivity index (χ4v) is 8.18. The molecule has 1 aromatic heterocycles. The Morgan fingerprint density at radius 1 is 0.696 bits per heavy atom. The molecule has 56 heavy (non-hydrogen) atoms. The van der Waals surface area contributed by atoms with Gasteiger partial charge in [0.2, 0.25) is 0 Å². The number of hydrogen-bond acceptors (Lipinski definition) is 6. The van der Waals surface area contributed by atoms with Crippen molar-refractivity contribution in [2.45, 2.75) is 86.1 Å². The van der Waals surface area contributed by atoms with Crippen LogP contribution in [0, 0.1) is 20.8 Å². The molecule has 7 rings (SSSR count). The molecule has 3 aromatic rings. The van der Waals surface area contributed by atoms with E-state index in [1.807, 2.05) is 26.0 Å². The number of nitrogens with zero attached hydrogens (tertiary/aromatic N) is 4. The summed E-state index contributed by atoms with van der Waals surface area (Å²) in [7, 11) is 2.77. The summed E-state index contributed by atoms with van der Waals surface area (Å²) in [5.74, 6) is -0.981. The summed E-state index contributed by atoms with van der Waals surface area (Å²) in [4.78, 5) is 41.3. The smallest absolute Gasteiger partial charge is 0.674 e. The molecule has 4 aliphatic heterocycles. The maximum atomic E-state index is 12.8. The summed E-state index contributed by atoms with van der Waals surface area (Å²) in [5.41, 5.74) is 16.9. The summed E-state index contributed by atoms with van der Waals surface area (Å²) in [6.45, 7) is 16.8. The third-order valence-corrected chi connectivity index (χ3v) is 11.9. The summed E-state index contributed by atoms with van der Waals surface area (Å²) < 4.78 is 10.2. The van der Waals surface area contributed by atoms with E-state index in [2.05, 4.69) is 96.1 Å². The van der Waals surface area contributed by atoms with E-state index in [0.29, 0.717) is 29.2 Å². The Hall–Kier alpha value is -5.24. The zero-order chi connectivity index (χ0) is 39.3. The number of rotatable bonds is 7. The van der Waals surface area contributed by atoms with E-state index >= 15 is 0 Å². The Kier molecular flexibility index (Phi) is 11.3. The second kappa shape index (κ2) is 15.7.